The molecule has 0 radical (unpaired) electrons. The fraction of sp³-hybridized carbons (Fsp3) is 0.400. The first-order chi connectivity index (χ1) is 8.95. The maximum atomic E-state index is 13.3. The van der Waals surface area contributed by atoms with Gasteiger partial charge in [0.2, 0.25) is 5.95 Å². The summed E-state index contributed by atoms with van der Waals surface area (Å²) >= 11 is 0. The van der Waals surface area contributed by atoms with Crippen molar-refractivity contribution in [3.8, 4) is 0 Å². The van der Waals surface area contributed by atoms with Crippen LogP contribution in [0.3, 0.4) is 0 Å². The summed E-state index contributed by atoms with van der Waals surface area (Å²) in [6.45, 7) is 9.11. The minimum Gasteiger partial charge on any atom is -0.325 e. The van der Waals surface area contributed by atoms with Gasteiger partial charge in [-0.25, -0.2) is 9.37 Å². The van der Waals surface area contributed by atoms with E-state index >= 15 is 0 Å². The molecule has 0 spiro atoms. The smallest absolute Gasteiger partial charge is 0.207 e. The van der Waals surface area contributed by atoms with E-state index in [9.17, 15) is 4.39 Å². The number of anilines is 2. The molecule has 2 rings (SSSR count). The molecule has 0 atom stereocenters. The van der Waals surface area contributed by atoms with Crippen molar-refractivity contribution in [1.82, 2.24) is 9.55 Å². The maximum absolute atomic E-state index is 13.3. The molecule has 0 fully saturated rings. The van der Waals surface area contributed by atoms with Crippen molar-refractivity contribution >= 4 is 11.6 Å². The zero-order chi connectivity index (χ0) is 14.0. The molecule has 0 saturated heterocycles. The molecule has 1 aromatic carbocycles. The Bertz CT molecular complexity index is 573. The van der Waals surface area contributed by atoms with E-state index in [2.05, 4.69) is 28.7 Å². The first-order valence-electron chi connectivity index (χ1n) is 6.52. The minimum absolute atomic E-state index is 0.244. The van der Waals surface area contributed by atoms with E-state index in [1.54, 1.807) is 6.07 Å². The standard InChI is InChI=1S/C15H20FN3/c1-10(2)8-19-9-12(4)17-15(19)18-14-7-13(16)6-5-11(14)3/h5-7,9-10H,8H2,1-4H3,(H,17,18). The number of nitrogens with zero attached hydrogens (tertiary/aromatic N) is 2. The Morgan fingerprint density at radius 1 is 1.32 bits per heavy atom. The number of imidazole rings is 1. The first kappa shape index (κ1) is 13.6. The van der Waals surface area contributed by atoms with Gasteiger partial charge < -0.3 is 9.88 Å². The van der Waals surface area contributed by atoms with E-state index in [0.29, 0.717) is 5.92 Å². The Morgan fingerprint density at radius 2 is 2.05 bits per heavy atom. The normalized spacial score (nSPS) is 11.1. The Labute approximate surface area is 113 Å². The van der Waals surface area contributed by atoms with Crippen molar-refractivity contribution in [3.63, 3.8) is 0 Å². The summed E-state index contributed by atoms with van der Waals surface area (Å²) < 4.78 is 15.4. The number of hydrogen-bond donors (Lipinski definition) is 1. The van der Waals surface area contributed by atoms with E-state index in [4.69, 9.17) is 0 Å². The highest BCUT2D eigenvalue weighted by Crippen LogP contribution is 2.22. The fourth-order valence-corrected chi connectivity index (χ4v) is 2.03. The molecule has 4 heteroatoms. The molecule has 1 heterocycles. The molecule has 3 nitrogen and oxygen atoms in total. The van der Waals surface area contributed by atoms with Gasteiger partial charge in [0.25, 0.3) is 0 Å². The lowest BCUT2D eigenvalue weighted by molar-refractivity contribution is 0.527. The van der Waals surface area contributed by atoms with Crippen LogP contribution in [-0.4, -0.2) is 9.55 Å². The van der Waals surface area contributed by atoms with Crippen molar-refractivity contribution in [2.45, 2.75) is 34.2 Å². The molecule has 2 aromatic rings. The summed E-state index contributed by atoms with van der Waals surface area (Å²) in [5.41, 5.74) is 2.71. The Morgan fingerprint density at radius 3 is 2.74 bits per heavy atom. The summed E-state index contributed by atoms with van der Waals surface area (Å²) in [5, 5.41) is 3.22. The highest BCUT2D eigenvalue weighted by atomic mass is 19.1. The van der Waals surface area contributed by atoms with Gasteiger partial charge in [0.05, 0.1) is 5.69 Å². The van der Waals surface area contributed by atoms with Crippen LogP contribution in [0.4, 0.5) is 16.0 Å². The van der Waals surface area contributed by atoms with Crippen LogP contribution in [0.1, 0.15) is 25.1 Å². The summed E-state index contributed by atoms with van der Waals surface area (Å²) in [6.07, 6.45) is 2.01. The average Bonchev–Trinajstić information content (AvgIpc) is 2.63. The topological polar surface area (TPSA) is 29.9 Å². The molecule has 0 aliphatic carbocycles. The van der Waals surface area contributed by atoms with Gasteiger partial charge in [-0.3, -0.25) is 0 Å². The van der Waals surface area contributed by atoms with E-state index < -0.39 is 0 Å². The average molecular weight is 261 g/mol. The third-order valence-electron chi connectivity index (χ3n) is 2.90. The van der Waals surface area contributed by atoms with Gasteiger partial charge in [0.15, 0.2) is 0 Å². The highest BCUT2D eigenvalue weighted by Gasteiger charge is 2.09. The Kier molecular flexibility index (Phi) is 3.88. The van der Waals surface area contributed by atoms with Gasteiger partial charge in [-0.1, -0.05) is 19.9 Å². The lowest BCUT2D eigenvalue weighted by Crippen LogP contribution is -2.08. The summed E-state index contributed by atoms with van der Waals surface area (Å²) in [4.78, 5) is 4.46. The van der Waals surface area contributed by atoms with Gasteiger partial charge >= 0.3 is 0 Å². The molecule has 19 heavy (non-hydrogen) atoms. The van der Waals surface area contributed by atoms with Crippen LogP contribution in [0, 0.1) is 25.6 Å². The molecule has 0 aliphatic heterocycles. The predicted molar refractivity (Wildman–Crippen MR) is 76.2 cm³/mol. The van der Waals surface area contributed by atoms with E-state index in [0.717, 1.165) is 29.4 Å². The lowest BCUT2D eigenvalue weighted by atomic mass is 10.2. The second-order valence-corrected chi connectivity index (χ2v) is 5.34. The van der Waals surface area contributed by atoms with E-state index in [1.165, 1.54) is 12.1 Å². The molecular weight excluding hydrogens is 241 g/mol. The minimum atomic E-state index is -0.244. The zero-order valence-electron chi connectivity index (χ0n) is 11.9. The SMILES string of the molecule is Cc1cn(CC(C)C)c(Nc2cc(F)ccc2C)n1. The molecule has 0 unspecified atom stereocenters. The molecule has 102 valence electrons. The summed E-state index contributed by atoms with van der Waals surface area (Å²) in [7, 11) is 0. The molecule has 1 aromatic heterocycles. The van der Waals surface area contributed by atoms with Crippen LogP contribution < -0.4 is 5.32 Å². The number of aromatic nitrogens is 2. The van der Waals surface area contributed by atoms with Gasteiger partial charge in [0, 0.05) is 18.4 Å². The van der Waals surface area contributed by atoms with Crippen molar-refractivity contribution in [3.05, 3.63) is 41.5 Å². The van der Waals surface area contributed by atoms with Gasteiger partial charge in [-0.05, 0) is 37.5 Å². The lowest BCUT2D eigenvalue weighted by Gasteiger charge is -2.13. The number of aryl methyl sites for hydroxylation is 2. The van der Waals surface area contributed by atoms with E-state index in [1.807, 2.05) is 20.0 Å². The van der Waals surface area contributed by atoms with Gasteiger partial charge in [0.1, 0.15) is 5.82 Å². The number of hydrogen-bond acceptors (Lipinski definition) is 2. The predicted octanol–water partition coefficient (Wildman–Crippen LogP) is 4.04. The maximum Gasteiger partial charge on any atom is 0.207 e. The molecule has 0 amide bonds. The third-order valence-corrected chi connectivity index (χ3v) is 2.90. The quantitative estimate of drug-likeness (QED) is 0.900. The molecule has 0 saturated carbocycles. The zero-order valence-corrected chi connectivity index (χ0v) is 11.9. The largest absolute Gasteiger partial charge is 0.325 e. The summed E-state index contributed by atoms with van der Waals surface area (Å²) in [5.74, 6) is 1.05. The molecule has 0 bridgehead atoms. The monoisotopic (exact) mass is 261 g/mol. The van der Waals surface area contributed by atoms with Crippen LogP contribution in [0.5, 0.6) is 0 Å². The Hall–Kier alpha value is -1.84. The van der Waals surface area contributed by atoms with Crippen LogP contribution in [0.2, 0.25) is 0 Å². The van der Waals surface area contributed by atoms with Crippen LogP contribution in [0.25, 0.3) is 0 Å². The number of halogens is 1. The number of nitrogens with one attached hydrogen (secondary N) is 1. The van der Waals surface area contributed by atoms with Crippen LogP contribution in [-0.2, 0) is 6.54 Å². The Balaban J connectivity index is 2.29. The molecule has 0 aliphatic rings. The van der Waals surface area contributed by atoms with Gasteiger partial charge in [-0.2, -0.15) is 0 Å². The molecule has 1 N–H and O–H groups in total. The van der Waals surface area contributed by atoms with Crippen LogP contribution >= 0.6 is 0 Å². The number of rotatable bonds is 4. The van der Waals surface area contributed by atoms with Crippen molar-refractivity contribution in [2.75, 3.05) is 5.32 Å². The first-order valence-corrected chi connectivity index (χ1v) is 6.52. The van der Waals surface area contributed by atoms with E-state index in [-0.39, 0.29) is 5.82 Å². The van der Waals surface area contributed by atoms with Crippen molar-refractivity contribution in [1.29, 1.82) is 0 Å². The number of benzene rings is 1. The van der Waals surface area contributed by atoms with Gasteiger partial charge in [-0.15, -0.1) is 0 Å². The fourth-order valence-electron chi connectivity index (χ4n) is 2.03. The molecular formula is C15H20FN3. The summed E-state index contributed by atoms with van der Waals surface area (Å²) in [6, 6.07) is 4.73. The second-order valence-electron chi connectivity index (χ2n) is 5.34. The van der Waals surface area contributed by atoms with Crippen LogP contribution in [0.15, 0.2) is 24.4 Å². The van der Waals surface area contributed by atoms with Crippen molar-refractivity contribution in [2.24, 2.45) is 5.92 Å². The van der Waals surface area contributed by atoms with Crippen molar-refractivity contribution < 1.29 is 4.39 Å². The second kappa shape index (κ2) is 5.43. The third kappa shape index (κ3) is 3.34. The highest BCUT2D eigenvalue weighted by molar-refractivity contribution is 5.58.